The van der Waals surface area contributed by atoms with Gasteiger partial charge in [0.1, 0.15) is 85.8 Å². The SMILES string of the molecule is CC=CC[C@@H](C)C(OC(=O)OCOC(=O)C[C@@H](N)C(=O)OCCOCCOCCOCCOC(=O)CCC(=O)O)[C@H]1C(=O)NC(CC)C(=O)N(C)CC(=O)N(C)[C@@H](CC(C)C)C(=O)NC(C(C)C)C(=O)N(C)C(CC(C)C)C(=O)N[C@@H](C)C(=O)NC(C)C(=O)N(C)[C@H](CC(C)C)C(=O)N(C)C(CC(C)C)C(=O)N(C)C(C(C)C)C(=O)N1C. The molecule has 7 unspecified atom stereocenters. The fourth-order valence-electron chi connectivity index (χ4n) is 12.8. The fourth-order valence-corrected chi connectivity index (χ4v) is 12.8. The third kappa shape index (κ3) is 36.3. The summed E-state index contributed by atoms with van der Waals surface area (Å²) in [7, 11) is 9.42. The van der Waals surface area contributed by atoms with Gasteiger partial charge >= 0.3 is 30.0 Å². The molecule has 0 radical (unpaired) electrons. The monoisotopic (exact) mass is 1670 g/mol. The van der Waals surface area contributed by atoms with Crippen molar-refractivity contribution in [2.75, 3.05) is 116 Å². The molecule has 0 saturated carbocycles. The summed E-state index contributed by atoms with van der Waals surface area (Å²) in [5.41, 5.74) is 5.95. The predicted octanol–water partition coefficient (Wildman–Crippen LogP) is 2.65. The highest BCUT2D eigenvalue weighted by Crippen LogP contribution is 2.28. The number of nitrogens with one attached hydrogen (secondary N) is 4. The number of nitrogens with two attached hydrogens (primary N) is 1. The smallest absolute Gasteiger partial charge is 0.481 e. The van der Waals surface area contributed by atoms with Crippen molar-refractivity contribution in [3.63, 3.8) is 0 Å². The number of hydrogen-bond donors (Lipinski definition) is 6. The maximum Gasteiger partial charge on any atom is 0.511 e. The standard InChI is InChI=1S/C80H138N12O25/c1-25-27-28-52(15)68(117-80(109)116-45-115-64(97)43-55(81)79(108)114-38-36-112-34-32-110-31-33-111-35-37-113-63(96)30-29-62(94)95)67-72(101)84-56(26-2)74(103)86(18)44-61(93)87(19)57(39-46(3)4)71(100)85-65(50(11)12)77(106)88(20)58(40-47(5)6)70(99)82-53(16)69(98)83-54(17)73(102)89(21)59(41-48(7)8)75(104)90(22)60(42-49(9)10)76(105)91(23)66(51(13)14)78(107)92(67)24/h25,27,46-60,65-68H,26,28-45,81H2,1-24H3,(H,82,99)(H,83,98)(H,84,101)(H,85,100)(H,94,95)/t52-,53+,54?,55-,56?,57+,58?,59-,60?,65?,66?,67+,68?/m1/s1. The molecule has 1 fully saturated rings. The van der Waals surface area contributed by atoms with Crippen LogP contribution in [-0.2, 0) is 110 Å². The Hall–Kier alpha value is -9.10. The molecule has 7 N–H and O–H groups in total. The largest absolute Gasteiger partial charge is 0.511 e. The number of allylic oxidation sites excluding steroid dienone is 2. The number of carbonyl (C=O) groups excluding carboxylic acids is 15. The first-order valence-electron chi connectivity index (χ1n) is 40.3. The van der Waals surface area contributed by atoms with Gasteiger partial charge in [0.05, 0.1) is 65.4 Å². The van der Waals surface area contributed by atoms with Crippen LogP contribution in [0.2, 0.25) is 0 Å². The highest BCUT2D eigenvalue weighted by molar-refractivity contribution is 6.00. The maximum atomic E-state index is 15.8. The number of amides is 11. The van der Waals surface area contributed by atoms with E-state index in [2.05, 4.69) is 21.3 Å². The van der Waals surface area contributed by atoms with Crippen molar-refractivity contribution in [1.29, 1.82) is 0 Å². The number of ether oxygens (including phenoxy) is 8. The molecule has 37 nitrogen and oxygen atoms in total. The molecule has 668 valence electrons. The average Bonchev–Trinajstić information content (AvgIpc) is 0.798. The molecular weight excluding hydrogens is 1530 g/mol. The Morgan fingerprint density at radius 3 is 1.42 bits per heavy atom. The molecule has 117 heavy (non-hydrogen) atoms. The lowest BCUT2D eigenvalue weighted by atomic mass is 9.91. The van der Waals surface area contributed by atoms with Gasteiger partial charge in [-0.2, -0.15) is 0 Å². The molecule has 0 aromatic carbocycles. The van der Waals surface area contributed by atoms with Crippen molar-refractivity contribution in [2.45, 2.75) is 248 Å². The zero-order valence-electron chi connectivity index (χ0n) is 73.5. The number of likely N-dealkylation sites (N-methyl/N-ethyl adjacent to an activating group) is 7. The van der Waals surface area contributed by atoms with Crippen LogP contribution in [0.4, 0.5) is 4.79 Å². The van der Waals surface area contributed by atoms with Crippen LogP contribution in [0.1, 0.15) is 175 Å². The summed E-state index contributed by atoms with van der Waals surface area (Å²) in [5, 5.41) is 19.6. The van der Waals surface area contributed by atoms with Crippen molar-refractivity contribution in [3.8, 4) is 0 Å². The van der Waals surface area contributed by atoms with E-state index >= 15 is 19.2 Å². The van der Waals surface area contributed by atoms with Gasteiger partial charge in [-0.3, -0.25) is 71.9 Å². The number of esters is 3. The molecule has 1 aliphatic heterocycles. The first-order chi connectivity index (χ1) is 54.6. The Bertz CT molecular complexity index is 3300. The van der Waals surface area contributed by atoms with Crippen LogP contribution < -0.4 is 27.0 Å². The second kappa shape index (κ2) is 53.4. The van der Waals surface area contributed by atoms with E-state index in [9.17, 15) is 57.5 Å². The average molecular weight is 1670 g/mol. The van der Waals surface area contributed by atoms with Crippen LogP contribution in [0.3, 0.4) is 0 Å². The van der Waals surface area contributed by atoms with Crippen LogP contribution in [-0.4, -0.2) is 323 Å². The number of hydrogen-bond acceptors (Lipinski definition) is 25. The number of nitrogens with zero attached hydrogens (tertiary/aromatic N) is 7. The summed E-state index contributed by atoms with van der Waals surface area (Å²) in [6.45, 7) is 27.3. The van der Waals surface area contributed by atoms with Gasteiger partial charge in [-0.05, 0) is 101 Å². The van der Waals surface area contributed by atoms with Gasteiger partial charge in [0.15, 0.2) is 0 Å². The van der Waals surface area contributed by atoms with E-state index in [0.717, 1.165) is 19.6 Å². The Kier molecular flexibility index (Phi) is 48.3. The molecule has 0 aromatic rings. The zero-order chi connectivity index (χ0) is 89.6. The van der Waals surface area contributed by atoms with Gasteiger partial charge in [-0.15, -0.1) is 0 Å². The molecule has 11 amide bonds. The molecule has 0 aromatic heterocycles. The summed E-state index contributed by atoms with van der Waals surface area (Å²) in [5.74, 6) is -15.7. The minimum atomic E-state index is -1.92. The third-order valence-electron chi connectivity index (χ3n) is 19.6. The fraction of sp³-hybridized carbons (Fsp3) is 0.775. The van der Waals surface area contributed by atoms with E-state index in [4.69, 9.17) is 48.7 Å². The van der Waals surface area contributed by atoms with Gasteiger partial charge in [0.2, 0.25) is 71.8 Å². The van der Waals surface area contributed by atoms with Crippen molar-refractivity contribution in [2.24, 2.45) is 47.2 Å². The van der Waals surface area contributed by atoms with E-state index in [0.29, 0.717) is 0 Å². The van der Waals surface area contributed by atoms with E-state index in [-0.39, 0.29) is 128 Å². The summed E-state index contributed by atoms with van der Waals surface area (Å²) in [4.78, 5) is 234. The molecule has 0 aliphatic carbocycles. The molecule has 1 heterocycles. The lowest BCUT2D eigenvalue weighted by molar-refractivity contribution is -0.161. The maximum absolute atomic E-state index is 15.8. The number of aliphatic carboxylic acids is 1. The van der Waals surface area contributed by atoms with E-state index in [1.807, 2.05) is 55.4 Å². The first kappa shape index (κ1) is 106. The van der Waals surface area contributed by atoms with Crippen LogP contribution >= 0.6 is 0 Å². The van der Waals surface area contributed by atoms with E-state index < -0.39 is 205 Å². The van der Waals surface area contributed by atoms with Crippen molar-refractivity contribution in [3.05, 3.63) is 12.2 Å². The van der Waals surface area contributed by atoms with E-state index in [1.54, 1.807) is 60.6 Å². The summed E-state index contributed by atoms with van der Waals surface area (Å²) < 4.78 is 42.4. The minimum Gasteiger partial charge on any atom is -0.481 e. The van der Waals surface area contributed by atoms with Crippen LogP contribution in [0, 0.1) is 41.4 Å². The van der Waals surface area contributed by atoms with Crippen LogP contribution in [0.15, 0.2) is 12.2 Å². The van der Waals surface area contributed by atoms with Crippen molar-refractivity contribution in [1.82, 2.24) is 55.6 Å². The molecule has 0 spiro atoms. The Morgan fingerprint density at radius 1 is 0.479 bits per heavy atom. The number of rotatable bonds is 36. The normalized spacial score (nSPS) is 22.8. The second-order valence-corrected chi connectivity index (χ2v) is 32.1. The first-order valence-corrected chi connectivity index (χ1v) is 40.3. The topological polar surface area (TPSA) is 464 Å². The lowest BCUT2D eigenvalue weighted by Crippen LogP contribution is -2.64. The van der Waals surface area contributed by atoms with Gasteiger partial charge in [0, 0.05) is 49.3 Å². The Balaban J connectivity index is 4.08. The quantitative estimate of drug-likeness (QED) is 0.0173. The molecule has 13 atom stereocenters. The van der Waals surface area contributed by atoms with Crippen molar-refractivity contribution >= 4 is 95.0 Å². The Labute approximate surface area is 690 Å². The van der Waals surface area contributed by atoms with Gasteiger partial charge in [-0.1, -0.05) is 109 Å². The van der Waals surface area contributed by atoms with E-state index in [1.165, 1.54) is 77.9 Å². The molecule has 1 aliphatic rings. The highest BCUT2D eigenvalue weighted by atomic mass is 16.8. The molecule has 0 bridgehead atoms. The van der Waals surface area contributed by atoms with Gasteiger partial charge in [0.25, 0.3) is 0 Å². The highest BCUT2D eigenvalue weighted by Gasteiger charge is 2.48. The zero-order valence-corrected chi connectivity index (χ0v) is 73.5. The Morgan fingerprint density at radius 2 is 0.932 bits per heavy atom. The van der Waals surface area contributed by atoms with Gasteiger partial charge in [-0.25, -0.2) is 4.79 Å². The van der Waals surface area contributed by atoms with Crippen LogP contribution in [0.25, 0.3) is 0 Å². The number of carboxylic acids is 1. The van der Waals surface area contributed by atoms with Crippen molar-refractivity contribution < 1.29 is 120 Å². The van der Waals surface area contributed by atoms with Gasteiger partial charge < -0.3 is 104 Å². The number of carbonyl (C=O) groups is 16. The molecular formula is C80H138N12O25. The molecule has 37 heteroatoms. The molecule has 1 rings (SSSR count). The minimum absolute atomic E-state index is 0.0297. The second-order valence-electron chi connectivity index (χ2n) is 32.1. The lowest BCUT2D eigenvalue weighted by Gasteiger charge is -2.42. The summed E-state index contributed by atoms with van der Waals surface area (Å²) in [6, 6.07) is -15.3. The summed E-state index contributed by atoms with van der Waals surface area (Å²) >= 11 is 0. The predicted molar refractivity (Wildman–Crippen MR) is 429 cm³/mol. The number of carboxylic acid groups (broad SMARTS) is 1. The summed E-state index contributed by atoms with van der Waals surface area (Å²) in [6.07, 6.45) is -1.05. The molecule has 1 saturated heterocycles. The van der Waals surface area contributed by atoms with Crippen LogP contribution in [0.5, 0.6) is 0 Å². The third-order valence-corrected chi connectivity index (χ3v) is 19.6.